The first-order valence-corrected chi connectivity index (χ1v) is 40.3. The molecule has 20 aromatic rings. The normalized spacial score (nSPS) is 12.8. The molecule has 18 aromatic carbocycles. The minimum atomic E-state index is -0.0829. The molecule has 0 aliphatic heterocycles. The van der Waals surface area contributed by atoms with Gasteiger partial charge in [0.2, 0.25) is 0 Å². The van der Waals surface area contributed by atoms with Crippen molar-refractivity contribution >= 4 is 158 Å². The lowest BCUT2D eigenvalue weighted by atomic mass is 9.82. The Labute approximate surface area is 663 Å². The van der Waals surface area contributed by atoms with Gasteiger partial charge < -0.3 is 19.4 Å². The van der Waals surface area contributed by atoms with Crippen LogP contribution in [0.1, 0.15) is 83.1 Å². The van der Waals surface area contributed by atoms with Crippen LogP contribution in [-0.2, 0) is 10.8 Å². The summed E-state index contributed by atoms with van der Waals surface area (Å²) in [4.78, 5) is 8.48. The first-order chi connectivity index (χ1) is 55.0. The maximum Gasteiger partial charge on any atom is 0.0626 e. The van der Waals surface area contributed by atoms with Crippen LogP contribution < -0.4 is 9.80 Å². The van der Waals surface area contributed by atoms with E-state index in [-0.39, 0.29) is 10.8 Å². The molecule has 112 heavy (non-hydrogen) atoms. The maximum absolute atomic E-state index is 3.76. The molecule has 2 aromatic heterocycles. The predicted molar refractivity (Wildman–Crippen MR) is 485 cm³/mol. The van der Waals surface area contributed by atoms with Gasteiger partial charge in [0.15, 0.2) is 0 Å². The van der Waals surface area contributed by atoms with Crippen LogP contribution in [0.2, 0.25) is 0 Å². The average Bonchev–Trinajstić information content (AvgIpc) is 1.53. The number of fused-ring (bicyclic) bond motifs is 26. The van der Waals surface area contributed by atoms with Gasteiger partial charge >= 0.3 is 0 Å². The van der Waals surface area contributed by atoms with Crippen LogP contribution in [0.4, 0.5) is 34.1 Å². The van der Waals surface area contributed by atoms with E-state index in [2.05, 4.69) is 441 Å². The number of anilines is 6. The van der Waals surface area contributed by atoms with Crippen molar-refractivity contribution in [2.24, 2.45) is 0 Å². The van der Waals surface area contributed by atoms with Crippen LogP contribution in [0.5, 0.6) is 0 Å². The minimum Gasteiger partial charge on any atom is -0.353 e. The van der Waals surface area contributed by atoms with Gasteiger partial charge in [0, 0.05) is 98.2 Å². The number of H-pyrrole nitrogens is 1. The van der Waals surface area contributed by atoms with Gasteiger partial charge in [-0.1, -0.05) is 344 Å². The van der Waals surface area contributed by atoms with Crippen LogP contribution >= 0.6 is 15.9 Å². The summed E-state index contributed by atoms with van der Waals surface area (Å²) in [6.45, 7) is 13.8. The number of unbranched alkanes of at least 4 members (excludes halogenated alkanes) is 2. The Morgan fingerprint density at radius 2 is 0.652 bits per heavy atom. The zero-order valence-corrected chi connectivity index (χ0v) is 65.6. The Kier molecular flexibility index (Phi) is 17.8. The third-order valence-electron chi connectivity index (χ3n) is 23.7. The molecule has 0 saturated carbocycles. The predicted octanol–water partition coefficient (Wildman–Crippen LogP) is 31.2. The van der Waals surface area contributed by atoms with E-state index in [0.29, 0.717) is 0 Å². The topological polar surface area (TPSA) is 27.2 Å². The molecule has 0 spiro atoms. The molecule has 0 atom stereocenters. The van der Waals surface area contributed by atoms with Crippen LogP contribution in [-0.4, -0.2) is 9.55 Å². The minimum absolute atomic E-state index is 0.00991. The first-order valence-electron chi connectivity index (χ1n) is 39.5. The van der Waals surface area contributed by atoms with Gasteiger partial charge in [-0.05, 0) is 185 Å². The van der Waals surface area contributed by atoms with Crippen LogP contribution in [0.15, 0.2) is 368 Å². The van der Waals surface area contributed by atoms with Crippen molar-refractivity contribution in [3.63, 3.8) is 0 Å². The second-order valence-electron chi connectivity index (χ2n) is 31.0. The molecule has 22 rings (SSSR count). The monoisotopic (exact) mass is 1500 g/mol. The molecular weight excluding hydrogens is 1420 g/mol. The third-order valence-corrected chi connectivity index (χ3v) is 24.3. The molecule has 0 bridgehead atoms. The molecule has 0 saturated heterocycles. The molecular formula is C107H85BrN4. The molecule has 2 aliphatic carbocycles. The smallest absolute Gasteiger partial charge is 0.0626 e. The van der Waals surface area contributed by atoms with Gasteiger partial charge in [-0.25, -0.2) is 0 Å². The number of hydrogen-bond acceptors (Lipinski definition) is 2. The second kappa shape index (κ2) is 28.6. The highest BCUT2D eigenvalue weighted by Crippen LogP contribution is 2.54. The third kappa shape index (κ3) is 11.7. The van der Waals surface area contributed by atoms with Crippen LogP contribution in [0.3, 0.4) is 0 Å². The highest BCUT2D eigenvalue weighted by Gasteiger charge is 2.37. The van der Waals surface area contributed by atoms with Crippen molar-refractivity contribution < 1.29 is 0 Å². The molecule has 0 amide bonds. The SMILES string of the molecule is CC1(C)c2ccccc2-c2ccc(N(c3ccccc3)c3ccc(-n4c5c6ccccc6ccc5c5c6ccccc6c6ccccc6c54)cc3)cc21.CC1(C)c2ccccc2-c2ccc(N(c3ccccc3)c3ccc(Br)cc3)cc21.CCCCC.c1ccc2c(c1)ccc1c2[nH]c2c3ccccc3c3ccccc3c12. The Bertz CT molecular complexity index is 7010. The number of aromatic amines is 1. The summed E-state index contributed by atoms with van der Waals surface area (Å²) in [5.74, 6) is 0. The quantitative estimate of drug-likeness (QED) is 0.146. The van der Waals surface area contributed by atoms with Crippen LogP contribution in [0, 0.1) is 0 Å². The van der Waals surface area contributed by atoms with E-state index in [0.717, 1.165) is 38.6 Å². The fourth-order valence-electron chi connectivity index (χ4n) is 18.4. The second-order valence-corrected chi connectivity index (χ2v) is 31.9. The number of aromatic nitrogens is 2. The number of nitrogens with one attached hydrogen (secondary N) is 1. The van der Waals surface area contributed by atoms with Gasteiger partial charge in [-0.15, -0.1) is 0 Å². The van der Waals surface area contributed by atoms with Crippen molar-refractivity contribution in [3.8, 4) is 27.9 Å². The van der Waals surface area contributed by atoms with Gasteiger partial charge in [0.1, 0.15) is 0 Å². The zero-order chi connectivity index (χ0) is 75.8. The molecule has 0 unspecified atom stereocenters. The van der Waals surface area contributed by atoms with E-state index in [1.54, 1.807) is 0 Å². The van der Waals surface area contributed by atoms with E-state index in [1.165, 1.54) is 178 Å². The van der Waals surface area contributed by atoms with Crippen molar-refractivity contribution in [1.29, 1.82) is 0 Å². The summed E-state index contributed by atoms with van der Waals surface area (Å²) < 4.78 is 3.60. The number of rotatable bonds is 9. The average molecular weight is 1510 g/mol. The highest BCUT2D eigenvalue weighted by molar-refractivity contribution is 9.10. The number of halogens is 1. The van der Waals surface area contributed by atoms with Crippen molar-refractivity contribution in [1.82, 2.24) is 9.55 Å². The summed E-state index contributed by atoms with van der Waals surface area (Å²) in [7, 11) is 0. The summed E-state index contributed by atoms with van der Waals surface area (Å²) in [5, 5.41) is 20.6. The lowest BCUT2D eigenvalue weighted by Crippen LogP contribution is -2.16. The Hall–Kier alpha value is -12.8. The van der Waals surface area contributed by atoms with E-state index < -0.39 is 0 Å². The molecule has 1 N–H and O–H groups in total. The van der Waals surface area contributed by atoms with E-state index >= 15 is 0 Å². The Morgan fingerprint density at radius 1 is 0.277 bits per heavy atom. The number of hydrogen-bond donors (Lipinski definition) is 1. The number of benzene rings is 18. The Balaban J connectivity index is 0.000000120. The molecule has 2 heterocycles. The molecule has 540 valence electrons. The fourth-order valence-corrected chi connectivity index (χ4v) is 18.7. The largest absolute Gasteiger partial charge is 0.353 e. The van der Waals surface area contributed by atoms with Gasteiger partial charge in [-0.3, -0.25) is 0 Å². The van der Waals surface area contributed by atoms with Crippen molar-refractivity contribution in [3.05, 3.63) is 391 Å². The van der Waals surface area contributed by atoms with Crippen LogP contribution in [0.25, 0.3) is 136 Å². The van der Waals surface area contributed by atoms with E-state index in [9.17, 15) is 0 Å². The number of para-hydroxylation sites is 2. The summed E-state index contributed by atoms with van der Waals surface area (Å²) in [6, 6.07) is 132. The summed E-state index contributed by atoms with van der Waals surface area (Å²) in [6.07, 6.45) is 4.08. The highest BCUT2D eigenvalue weighted by atomic mass is 79.9. The van der Waals surface area contributed by atoms with Crippen molar-refractivity contribution in [2.75, 3.05) is 9.80 Å². The summed E-state index contributed by atoms with van der Waals surface area (Å²) >= 11 is 3.56. The van der Waals surface area contributed by atoms with E-state index in [4.69, 9.17) is 0 Å². The van der Waals surface area contributed by atoms with Crippen molar-refractivity contribution in [2.45, 2.75) is 71.6 Å². The van der Waals surface area contributed by atoms with E-state index in [1.807, 2.05) is 0 Å². The molecule has 4 nitrogen and oxygen atoms in total. The number of nitrogens with zero attached hydrogens (tertiary/aromatic N) is 3. The Morgan fingerprint density at radius 3 is 1.17 bits per heavy atom. The molecule has 0 fully saturated rings. The molecule has 5 heteroatoms. The lowest BCUT2D eigenvalue weighted by Gasteiger charge is -2.28. The van der Waals surface area contributed by atoms with Gasteiger partial charge in [0.25, 0.3) is 0 Å². The molecule has 0 radical (unpaired) electrons. The maximum atomic E-state index is 3.76. The van der Waals surface area contributed by atoms with Gasteiger partial charge in [-0.2, -0.15) is 0 Å². The summed E-state index contributed by atoms with van der Waals surface area (Å²) in [5.41, 5.74) is 23.8. The standard InChI is InChI=1S/C51H36N2.C27H22BrN.C24H15N.C5H12/c1-51(2)46-23-13-12-20-41(46)42-31-29-37(32-47(42)51)52(34-15-4-3-5-16-34)35-25-27-36(28-26-35)53-49-38-17-7-6-14-33(38)24-30-45(49)48-43-21-10-8-18-39(43)40-19-9-11-22-44(40)50(48)53;1-27(2)25-11-7-6-10-23(25)24-17-16-22(18-26(24)27)29(20-8-4-3-5-9-20)21-14-12-19(28)13-15-21;1-2-8-16-15(7-1)13-14-21-22-19-11-5-3-9-17(19)18-10-4-6-12-20(18)24(22)25-23(16)21;1-3-5-4-2/h3-32H,1-2H3;3-18H,1-2H3;1-14,25H;3-5H2,1-2H3. The fraction of sp³-hybridized carbons (Fsp3) is 0.103. The lowest BCUT2D eigenvalue weighted by molar-refractivity contribution is 0.660. The molecule has 2 aliphatic rings. The van der Waals surface area contributed by atoms with Gasteiger partial charge in [0.05, 0.1) is 22.1 Å². The first kappa shape index (κ1) is 69.6. The zero-order valence-electron chi connectivity index (χ0n) is 64.0.